The molecule has 0 amide bonds. The molecule has 4 heteroatoms. The lowest BCUT2D eigenvalue weighted by Gasteiger charge is -2.16. The van der Waals surface area contributed by atoms with E-state index in [1.54, 1.807) is 11.3 Å². The molecule has 90 valence electrons. The molecule has 1 aromatic carbocycles. The molecule has 0 aliphatic rings. The average Bonchev–Trinajstić information content (AvgIpc) is 2.85. The fourth-order valence-corrected chi connectivity index (χ4v) is 2.59. The molecule has 0 aliphatic heterocycles. The molecule has 2 nitrogen and oxygen atoms in total. The first-order valence-electron chi connectivity index (χ1n) is 5.51. The van der Waals surface area contributed by atoms with Crippen molar-refractivity contribution in [3.63, 3.8) is 0 Å². The molecular weight excluding hydrogens is 296 g/mol. The van der Waals surface area contributed by atoms with Gasteiger partial charge in [0.15, 0.2) is 0 Å². The molecule has 0 radical (unpaired) electrons. The third-order valence-corrected chi connectivity index (χ3v) is 4.02. The molecule has 1 atom stereocenters. The minimum atomic E-state index is 0.213. The Hall–Kier alpha value is -0.680. The van der Waals surface area contributed by atoms with Gasteiger partial charge in [0.1, 0.15) is 0 Å². The van der Waals surface area contributed by atoms with E-state index in [0.717, 1.165) is 11.0 Å². The van der Waals surface area contributed by atoms with E-state index in [2.05, 4.69) is 50.9 Å². The SMILES string of the molecule is NCC(NCc1cccs1)c1ccc(Br)cc1. The molecule has 0 aliphatic carbocycles. The second kappa shape index (κ2) is 6.31. The zero-order valence-electron chi connectivity index (χ0n) is 9.40. The fraction of sp³-hybridized carbons (Fsp3) is 0.231. The van der Waals surface area contributed by atoms with Gasteiger partial charge in [0.05, 0.1) is 0 Å². The van der Waals surface area contributed by atoms with Gasteiger partial charge in [-0.15, -0.1) is 11.3 Å². The number of hydrogen-bond donors (Lipinski definition) is 2. The van der Waals surface area contributed by atoms with Crippen LogP contribution in [0.1, 0.15) is 16.5 Å². The van der Waals surface area contributed by atoms with Gasteiger partial charge in [-0.25, -0.2) is 0 Å². The molecule has 2 rings (SSSR count). The van der Waals surface area contributed by atoms with Gasteiger partial charge < -0.3 is 11.1 Å². The van der Waals surface area contributed by atoms with Crippen molar-refractivity contribution in [1.29, 1.82) is 0 Å². The summed E-state index contributed by atoms with van der Waals surface area (Å²) in [6.07, 6.45) is 0. The van der Waals surface area contributed by atoms with Crippen LogP contribution in [0.15, 0.2) is 46.3 Å². The maximum atomic E-state index is 5.81. The number of halogens is 1. The maximum Gasteiger partial charge on any atom is 0.0447 e. The van der Waals surface area contributed by atoms with E-state index in [1.165, 1.54) is 10.4 Å². The smallest absolute Gasteiger partial charge is 0.0447 e. The predicted molar refractivity (Wildman–Crippen MR) is 77.1 cm³/mol. The maximum absolute atomic E-state index is 5.81. The third-order valence-electron chi connectivity index (χ3n) is 2.61. The minimum absolute atomic E-state index is 0.213. The van der Waals surface area contributed by atoms with E-state index in [9.17, 15) is 0 Å². The zero-order valence-corrected chi connectivity index (χ0v) is 11.8. The Bertz CT molecular complexity index is 439. The summed E-state index contributed by atoms with van der Waals surface area (Å²) in [5.74, 6) is 0. The van der Waals surface area contributed by atoms with E-state index in [4.69, 9.17) is 5.73 Å². The standard InChI is InChI=1S/C13H15BrN2S/c14-11-5-3-10(4-6-11)13(8-15)16-9-12-2-1-7-17-12/h1-7,13,16H,8-9,15H2. The molecule has 17 heavy (non-hydrogen) atoms. The molecule has 1 heterocycles. The van der Waals surface area contributed by atoms with Gasteiger partial charge in [0, 0.05) is 28.5 Å². The van der Waals surface area contributed by atoms with Gasteiger partial charge in [-0.2, -0.15) is 0 Å². The Morgan fingerprint density at radius 1 is 1.24 bits per heavy atom. The molecule has 0 saturated heterocycles. The number of nitrogens with one attached hydrogen (secondary N) is 1. The number of benzene rings is 1. The Labute approximate surface area is 114 Å². The predicted octanol–water partition coefficient (Wildman–Crippen LogP) is 3.30. The van der Waals surface area contributed by atoms with E-state index >= 15 is 0 Å². The Balaban J connectivity index is 1.99. The quantitative estimate of drug-likeness (QED) is 0.889. The lowest BCUT2D eigenvalue weighted by atomic mass is 10.1. The molecule has 0 fully saturated rings. The van der Waals surface area contributed by atoms with Crippen LogP contribution in [0, 0.1) is 0 Å². The second-order valence-corrected chi connectivity index (χ2v) is 5.75. The molecule has 0 spiro atoms. The summed E-state index contributed by atoms with van der Waals surface area (Å²) < 4.78 is 1.09. The van der Waals surface area contributed by atoms with Crippen molar-refractivity contribution in [2.45, 2.75) is 12.6 Å². The summed E-state index contributed by atoms with van der Waals surface area (Å²) in [4.78, 5) is 1.33. The van der Waals surface area contributed by atoms with Gasteiger partial charge in [-0.3, -0.25) is 0 Å². The highest BCUT2D eigenvalue weighted by Crippen LogP contribution is 2.17. The number of thiophene rings is 1. The van der Waals surface area contributed by atoms with Crippen molar-refractivity contribution in [1.82, 2.24) is 5.32 Å². The average molecular weight is 311 g/mol. The highest BCUT2D eigenvalue weighted by Gasteiger charge is 2.08. The molecular formula is C13H15BrN2S. The van der Waals surface area contributed by atoms with Gasteiger partial charge >= 0.3 is 0 Å². The van der Waals surface area contributed by atoms with Crippen LogP contribution in [-0.2, 0) is 6.54 Å². The van der Waals surface area contributed by atoms with E-state index in [0.29, 0.717) is 6.54 Å². The largest absolute Gasteiger partial charge is 0.329 e. The molecule has 2 aromatic rings. The normalized spacial score (nSPS) is 12.6. The summed E-state index contributed by atoms with van der Waals surface area (Å²) in [6.45, 7) is 1.47. The molecule has 0 bridgehead atoms. The Morgan fingerprint density at radius 3 is 2.59 bits per heavy atom. The first kappa shape index (κ1) is 12.8. The summed E-state index contributed by atoms with van der Waals surface area (Å²) in [5, 5.41) is 5.57. The Morgan fingerprint density at radius 2 is 2.00 bits per heavy atom. The minimum Gasteiger partial charge on any atom is -0.329 e. The second-order valence-electron chi connectivity index (χ2n) is 3.80. The van der Waals surface area contributed by atoms with Crippen molar-refractivity contribution in [2.75, 3.05) is 6.54 Å². The highest BCUT2D eigenvalue weighted by atomic mass is 79.9. The topological polar surface area (TPSA) is 38.0 Å². The van der Waals surface area contributed by atoms with Crippen LogP contribution in [0.4, 0.5) is 0 Å². The van der Waals surface area contributed by atoms with E-state index in [-0.39, 0.29) is 6.04 Å². The van der Waals surface area contributed by atoms with Gasteiger partial charge in [-0.05, 0) is 29.1 Å². The van der Waals surface area contributed by atoms with Crippen LogP contribution >= 0.6 is 27.3 Å². The van der Waals surface area contributed by atoms with Crippen molar-refractivity contribution in [3.05, 3.63) is 56.7 Å². The fourth-order valence-electron chi connectivity index (χ4n) is 1.67. The van der Waals surface area contributed by atoms with Crippen LogP contribution < -0.4 is 11.1 Å². The van der Waals surface area contributed by atoms with E-state index in [1.807, 2.05) is 12.1 Å². The lowest BCUT2D eigenvalue weighted by molar-refractivity contribution is 0.545. The first-order valence-corrected chi connectivity index (χ1v) is 7.18. The molecule has 3 N–H and O–H groups in total. The summed E-state index contributed by atoms with van der Waals surface area (Å²) >= 11 is 5.20. The van der Waals surface area contributed by atoms with Crippen LogP contribution in [0.5, 0.6) is 0 Å². The van der Waals surface area contributed by atoms with Crippen molar-refractivity contribution < 1.29 is 0 Å². The zero-order chi connectivity index (χ0) is 12.1. The number of rotatable bonds is 5. The first-order chi connectivity index (χ1) is 8.29. The van der Waals surface area contributed by atoms with Gasteiger partial charge in [0.25, 0.3) is 0 Å². The molecule has 1 aromatic heterocycles. The van der Waals surface area contributed by atoms with Crippen molar-refractivity contribution >= 4 is 27.3 Å². The van der Waals surface area contributed by atoms with Crippen molar-refractivity contribution in [2.24, 2.45) is 5.73 Å². The van der Waals surface area contributed by atoms with Crippen molar-refractivity contribution in [3.8, 4) is 0 Å². The number of hydrogen-bond acceptors (Lipinski definition) is 3. The summed E-state index contributed by atoms with van der Waals surface area (Å²) in [6, 6.07) is 12.7. The van der Waals surface area contributed by atoms with E-state index < -0.39 is 0 Å². The van der Waals surface area contributed by atoms with Crippen LogP contribution in [-0.4, -0.2) is 6.54 Å². The number of nitrogens with two attached hydrogens (primary N) is 1. The van der Waals surface area contributed by atoms with Crippen LogP contribution in [0.3, 0.4) is 0 Å². The van der Waals surface area contributed by atoms with Gasteiger partial charge in [-0.1, -0.05) is 34.1 Å². The Kier molecular flexibility index (Phi) is 4.74. The monoisotopic (exact) mass is 310 g/mol. The lowest BCUT2D eigenvalue weighted by Crippen LogP contribution is -2.27. The summed E-state index contributed by atoms with van der Waals surface area (Å²) in [5.41, 5.74) is 7.04. The molecule has 0 saturated carbocycles. The molecule has 1 unspecified atom stereocenters. The van der Waals surface area contributed by atoms with Crippen LogP contribution in [0.25, 0.3) is 0 Å². The van der Waals surface area contributed by atoms with Gasteiger partial charge in [0.2, 0.25) is 0 Å². The van der Waals surface area contributed by atoms with Crippen LogP contribution in [0.2, 0.25) is 0 Å². The highest BCUT2D eigenvalue weighted by molar-refractivity contribution is 9.10. The summed E-state index contributed by atoms with van der Waals surface area (Å²) in [7, 11) is 0. The third kappa shape index (κ3) is 3.64.